The molecule has 2 aromatic carbocycles. The van der Waals surface area contributed by atoms with Gasteiger partial charge in [-0.2, -0.15) is 0 Å². The lowest BCUT2D eigenvalue weighted by molar-refractivity contribution is -0.120. The van der Waals surface area contributed by atoms with E-state index in [-0.39, 0.29) is 22.9 Å². The third-order valence-corrected chi connectivity index (χ3v) is 5.77. The maximum atomic E-state index is 12.8. The van der Waals surface area contributed by atoms with Gasteiger partial charge in [0.2, 0.25) is 11.8 Å². The zero-order chi connectivity index (χ0) is 19.6. The molecule has 0 saturated carbocycles. The Balaban J connectivity index is 1.66. The molecule has 144 valence electrons. The summed E-state index contributed by atoms with van der Waals surface area (Å²) < 4.78 is 12.8. The molecule has 7 heteroatoms. The molecular formula is C20H23FN2O2S2. The van der Waals surface area contributed by atoms with Crippen molar-refractivity contribution in [2.45, 2.75) is 35.3 Å². The first-order chi connectivity index (χ1) is 12.9. The van der Waals surface area contributed by atoms with Gasteiger partial charge in [0.1, 0.15) is 5.82 Å². The molecule has 2 N–H and O–H groups in total. The van der Waals surface area contributed by atoms with Gasteiger partial charge in [-0.15, -0.1) is 23.5 Å². The van der Waals surface area contributed by atoms with E-state index in [0.717, 1.165) is 27.7 Å². The van der Waals surface area contributed by atoms with E-state index in [1.165, 1.54) is 30.8 Å². The second kappa shape index (κ2) is 11.0. The van der Waals surface area contributed by atoms with Crippen LogP contribution in [0.1, 0.15) is 20.3 Å². The predicted molar refractivity (Wildman–Crippen MR) is 111 cm³/mol. The van der Waals surface area contributed by atoms with Gasteiger partial charge >= 0.3 is 0 Å². The van der Waals surface area contributed by atoms with Crippen LogP contribution in [0, 0.1) is 5.82 Å². The molecule has 0 spiro atoms. The molecule has 0 aromatic heterocycles. The predicted octanol–water partition coefficient (Wildman–Crippen LogP) is 4.56. The standard InChI is InChI=1S/C20H23FN2O2S2/c1-14(27-19-10-6-17(7-11-19)23-15(2)24)20(25)22-12-3-13-26-18-8-4-16(21)5-9-18/h4-11,14H,3,12-13H2,1-2H3,(H,22,25)(H,23,24). The van der Waals surface area contributed by atoms with Gasteiger partial charge in [-0.1, -0.05) is 0 Å². The normalized spacial score (nSPS) is 11.7. The van der Waals surface area contributed by atoms with Crippen LogP contribution in [0.25, 0.3) is 0 Å². The molecule has 2 amide bonds. The van der Waals surface area contributed by atoms with Crippen molar-refractivity contribution in [1.82, 2.24) is 5.32 Å². The van der Waals surface area contributed by atoms with Crippen LogP contribution in [0.5, 0.6) is 0 Å². The quantitative estimate of drug-likeness (QED) is 0.473. The average molecular weight is 407 g/mol. The van der Waals surface area contributed by atoms with Crippen molar-refractivity contribution in [3.8, 4) is 0 Å². The Kier molecular flexibility index (Phi) is 8.67. The maximum Gasteiger partial charge on any atom is 0.233 e. The van der Waals surface area contributed by atoms with Crippen LogP contribution < -0.4 is 10.6 Å². The summed E-state index contributed by atoms with van der Waals surface area (Å²) in [4.78, 5) is 25.2. The van der Waals surface area contributed by atoms with E-state index in [2.05, 4.69) is 10.6 Å². The lowest BCUT2D eigenvalue weighted by atomic mass is 10.3. The van der Waals surface area contributed by atoms with E-state index in [4.69, 9.17) is 0 Å². The highest BCUT2D eigenvalue weighted by atomic mass is 32.2. The monoisotopic (exact) mass is 406 g/mol. The lowest BCUT2D eigenvalue weighted by Crippen LogP contribution is -2.31. The highest BCUT2D eigenvalue weighted by Gasteiger charge is 2.13. The Hall–Kier alpha value is -1.99. The zero-order valence-corrected chi connectivity index (χ0v) is 17.0. The van der Waals surface area contributed by atoms with Gasteiger partial charge in [0.15, 0.2) is 0 Å². The molecule has 0 saturated heterocycles. The summed E-state index contributed by atoms with van der Waals surface area (Å²) in [6.45, 7) is 3.95. The molecule has 2 aromatic rings. The number of benzene rings is 2. The van der Waals surface area contributed by atoms with Gasteiger partial charge in [-0.3, -0.25) is 9.59 Å². The first kappa shape index (κ1) is 21.3. The summed E-state index contributed by atoms with van der Waals surface area (Å²) in [5.41, 5.74) is 0.739. The Morgan fingerprint density at radius 3 is 2.30 bits per heavy atom. The SMILES string of the molecule is CC(=O)Nc1ccc(SC(C)C(=O)NCCCSc2ccc(F)cc2)cc1. The van der Waals surface area contributed by atoms with Crippen molar-refractivity contribution in [2.75, 3.05) is 17.6 Å². The Morgan fingerprint density at radius 1 is 1.04 bits per heavy atom. The van der Waals surface area contributed by atoms with E-state index in [9.17, 15) is 14.0 Å². The number of nitrogens with one attached hydrogen (secondary N) is 2. The fourth-order valence-electron chi connectivity index (χ4n) is 2.23. The van der Waals surface area contributed by atoms with Crippen LogP contribution >= 0.6 is 23.5 Å². The zero-order valence-electron chi connectivity index (χ0n) is 15.3. The van der Waals surface area contributed by atoms with Gasteiger partial charge in [0, 0.05) is 28.9 Å². The largest absolute Gasteiger partial charge is 0.355 e. The van der Waals surface area contributed by atoms with Crippen LogP contribution in [-0.4, -0.2) is 29.4 Å². The molecule has 0 heterocycles. The number of amides is 2. The smallest absolute Gasteiger partial charge is 0.233 e. The summed E-state index contributed by atoms with van der Waals surface area (Å²) in [7, 11) is 0. The fourth-order valence-corrected chi connectivity index (χ4v) is 3.97. The maximum absolute atomic E-state index is 12.8. The van der Waals surface area contributed by atoms with Gasteiger partial charge < -0.3 is 10.6 Å². The van der Waals surface area contributed by atoms with Crippen LogP contribution in [-0.2, 0) is 9.59 Å². The van der Waals surface area contributed by atoms with E-state index in [0.29, 0.717) is 6.54 Å². The number of halogens is 1. The van der Waals surface area contributed by atoms with Crippen molar-refractivity contribution in [2.24, 2.45) is 0 Å². The third-order valence-electron chi connectivity index (χ3n) is 3.56. The van der Waals surface area contributed by atoms with Crippen LogP contribution in [0.15, 0.2) is 58.3 Å². The molecule has 0 aliphatic carbocycles. The summed E-state index contributed by atoms with van der Waals surface area (Å²) >= 11 is 3.12. The molecular weight excluding hydrogens is 383 g/mol. The molecule has 4 nitrogen and oxygen atoms in total. The number of hydrogen-bond donors (Lipinski definition) is 2. The first-order valence-electron chi connectivity index (χ1n) is 8.64. The Labute approximate surface area is 167 Å². The van der Waals surface area contributed by atoms with Crippen molar-refractivity contribution >= 4 is 41.0 Å². The van der Waals surface area contributed by atoms with Gasteiger partial charge in [0.05, 0.1) is 5.25 Å². The molecule has 1 unspecified atom stereocenters. The molecule has 1 atom stereocenters. The van der Waals surface area contributed by atoms with Crippen molar-refractivity contribution < 1.29 is 14.0 Å². The number of carbonyl (C=O) groups excluding carboxylic acids is 2. The van der Waals surface area contributed by atoms with Gasteiger partial charge in [-0.25, -0.2) is 4.39 Å². The van der Waals surface area contributed by atoms with Gasteiger partial charge in [-0.05, 0) is 67.6 Å². The molecule has 0 bridgehead atoms. The molecule has 27 heavy (non-hydrogen) atoms. The number of thioether (sulfide) groups is 2. The van der Waals surface area contributed by atoms with Crippen molar-refractivity contribution in [3.05, 3.63) is 54.3 Å². The molecule has 0 aliphatic heterocycles. The van der Waals surface area contributed by atoms with Crippen LogP contribution in [0.2, 0.25) is 0 Å². The minimum absolute atomic E-state index is 0.00211. The highest BCUT2D eigenvalue weighted by Crippen LogP contribution is 2.25. The van der Waals surface area contributed by atoms with E-state index >= 15 is 0 Å². The lowest BCUT2D eigenvalue weighted by Gasteiger charge is -2.12. The van der Waals surface area contributed by atoms with Gasteiger partial charge in [0.25, 0.3) is 0 Å². The highest BCUT2D eigenvalue weighted by molar-refractivity contribution is 8.00. The Morgan fingerprint density at radius 2 is 1.67 bits per heavy atom. The second-order valence-electron chi connectivity index (χ2n) is 5.91. The fraction of sp³-hybridized carbons (Fsp3) is 0.300. The number of rotatable bonds is 9. The number of anilines is 1. The second-order valence-corrected chi connectivity index (χ2v) is 8.50. The van der Waals surface area contributed by atoms with Crippen molar-refractivity contribution in [3.63, 3.8) is 0 Å². The summed E-state index contributed by atoms with van der Waals surface area (Å²) in [5, 5.41) is 5.45. The summed E-state index contributed by atoms with van der Waals surface area (Å²) in [6, 6.07) is 13.8. The van der Waals surface area contributed by atoms with E-state index < -0.39 is 0 Å². The topological polar surface area (TPSA) is 58.2 Å². The van der Waals surface area contributed by atoms with Crippen LogP contribution in [0.4, 0.5) is 10.1 Å². The number of hydrogen-bond acceptors (Lipinski definition) is 4. The van der Waals surface area contributed by atoms with Crippen molar-refractivity contribution in [1.29, 1.82) is 0 Å². The summed E-state index contributed by atoms with van der Waals surface area (Å²) in [5.74, 6) is 0.513. The third kappa shape index (κ3) is 8.05. The summed E-state index contributed by atoms with van der Waals surface area (Å²) in [6.07, 6.45) is 0.844. The Bertz CT molecular complexity index is 752. The number of carbonyl (C=O) groups is 2. The molecule has 2 rings (SSSR count). The average Bonchev–Trinajstić information content (AvgIpc) is 2.64. The first-order valence-corrected chi connectivity index (χ1v) is 10.5. The minimum atomic E-state index is -0.233. The van der Waals surface area contributed by atoms with E-state index in [1.807, 2.05) is 31.2 Å². The van der Waals surface area contributed by atoms with E-state index in [1.54, 1.807) is 23.9 Å². The molecule has 0 radical (unpaired) electrons. The minimum Gasteiger partial charge on any atom is -0.355 e. The molecule has 0 aliphatic rings. The van der Waals surface area contributed by atoms with Crippen LogP contribution in [0.3, 0.4) is 0 Å². The molecule has 0 fully saturated rings.